The standard InChI is InChI=1S/C6H7NO/c7-5-3-1-2-4-6-8/h1,3,6H,2,4H2. The molecular formula is C6H7NO. The van der Waals surface area contributed by atoms with Gasteiger partial charge in [0.15, 0.2) is 0 Å². The normalized spacial score (nSPS) is 8.88. The molecule has 42 valence electrons. The molecule has 0 bridgehead atoms. The first kappa shape index (κ1) is 6.90. The first-order chi connectivity index (χ1) is 3.91. The van der Waals surface area contributed by atoms with Crippen LogP contribution < -0.4 is 0 Å². The SMILES string of the molecule is N#CC=CCCC=O. The highest BCUT2D eigenvalue weighted by Crippen LogP contribution is 1.84. The first-order valence-corrected chi connectivity index (χ1v) is 2.40. The fourth-order valence-electron chi connectivity index (χ4n) is 0.300. The Balaban J connectivity index is 3.06. The van der Waals surface area contributed by atoms with Gasteiger partial charge in [-0.25, -0.2) is 0 Å². The zero-order chi connectivity index (χ0) is 6.24. The molecule has 0 aliphatic heterocycles. The molecule has 0 aromatic carbocycles. The summed E-state index contributed by atoms with van der Waals surface area (Å²) in [5.41, 5.74) is 0. The van der Waals surface area contributed by atoms with E-state index in [1.165, 1.54) is 6.08 Å². The van der Waals surface area contributed by atoms with E-state index in [4.69, 9.17) is 5.26 Å². The van der Waals surface area contributed by atoms with Crippen LogP contribution in [0.1, 0.15) is 12.8 Å². The monoisotopic (exact) mass is 109 g/mol. The summed E-state index contributed by atoms with van der Waals surface area (Å²) in [6.45, 7) is 0. The molecule has 0 radical (unpaired) electrons. The van der Waals surface area contributed by atoms with Gasteiger partial charge in [-0.3, -0.25) is 0 Å². The van der Waals surface area contributed by atoms with Crippen LogP contribution in [0.5, 0.6) is 0 Å². The van der Waals surface area contributed by atoms with Crippen LogP contribution in [0.4, 0.5) is 0 Å². The van der Waals surface area contributed by atoms with Crippen molar-refractivity contribution in [3.63, 3.8) is 0 Å². The van der Waals surface area contributed by atoms with Gasteiger partial charge in [-0.2, -0.15) is 5.26 Å². The maximum Gasteiger partial charge on any atom is 0.120 e. The summed E-state index contributed by atoms with van der Waals surface area (Å²) in [7, 11) is 0. The van der Waals surface area contributed by atoms with Crippen LogP contribution in [-0.4, -0.2) is 6.29 Å². The highest BCUT2D eigenvalue weighted by Gasteiger charge is 1.74. The number of hydrogen-bond acceptors (Lipinski definition) is 2. The molecule has 0 saturated carbocycles. The van der Waals surface area contributed by atoms with Gasteiger partial charge in [0, 0.05) is 12.5 Å². The van der Waals surface area contributed by atoms with Gasteiger partial charge < -0.3 is 4.79 Å². The lowest BCUT2D eigenvalue weighted by Crippen LogP contribution is -1.68. The molecular weight excluding hydrogens is 102 g/mol. The van der Waals surface area contributed by atoms with Crippen molar-refractivity contribution >= 4 is 6.29 Å². The third-order valence-corrected chi connectivity index (χ3v) is 0.644. The second kappa shape index (κ2) is 5.90. The Kier molecular flexibility index (Phi) is 5.09. The van der Waals surface area contributed by atoms with Crippen molar-refractivity contribution in [1.29, 1.82) is 5.26 Å². The van der Waals surface area contributed by atoms with Gasteiger partial charge in [0.2, 0.25) is 0 Å². The Bertz CT molecular complexity index is 121. The Hall–Kier alpha value is -1.10. The summed E-state index contributed by atoms with van der Waals surface area (Å²) in [5, 5.41) is 7.94. The van der Waals surface area contributed by atoms with E-state index >= 15 is 0 Å². The lowest BCUT2D eigenvalue weighted by atomic mass is 10.3. The molecule has 0 amide bonds. The van der Waals surface area contributed by atoms with Gasteiger partial charge in [0.25, 0.3) is 0 Å². The van der Waals surface area contributed by atoms with Crippen molar-refractivity contribution < 1.29 is 4.79 Å². The molecule has 8 heavy (non-hydrogen) atoms. The highest BCUT2D eigenvalue weighted by molar-refractivity contribution is 5.49. The molecule has 0 atom stereocenters. The van der Waals surface area contributed by atoms with Gasteiger partial charge in [0.05, 0.1) is 6.07 Å². The highest BCUT2D eigenvalue weighted by atomic mass is 16.1. The van der Waals surface area contributed by atoms with Crippen molar-refractivity contribution in [2.45, 2.75) is 12.8 Å². The van der Waals surface area contributed by atoms with E-state index in [0.29, 0.717) is 12.8 Å². The Morgan fingerprint density at radius 3 is 2.75 bits per heavy atom. The molecule has 0 fully saturated rings. The molecule has 0 rings (SSSR count). The van der Waals surface area contributed by atoms with Crippen LogP contribution in [-0.2, 0) is 4.79 Å². The molecule has 2 heteroatoms. The number of allylic oxidation sites excluding steroid dienone is 2. The van der Waals surface area contributed by atoms with Gasteiger partial charge in [0.1, 0.15) is 6.29 Å². The van der Waals surface area contributed by atoms with Crippen LogP contribution in [0.15, 0.2) is 12.2 Å². The Morgan fingerprint density at radius 2 is 2.25 bits per heavy atom. The number of nitriles is 1. The van der Waals surface area contributed by atoms with E-state index in [1.54, 1.807) is 6.08 Å². The lowest BCUT2D eigenvalue weighted by Gasteiger charge is -1.75. The van der Waals surface area contributed by atoms with E-state index in [1.807, 2.05) is 6.07 Å². The number of unbranched alkanes of at least 4 members (excludes halogenated alkanes) is 1. The second-order valence-electron chi connectivity index (χ2n) is 1.28. The Labute approximate surface area is 48.4 Å². The van der Waals surface area contributed by atoms with Crippen molar-refractivity contribution in [1.82, 2.24) is 0 Å². The third kappa shape index (κ3) is 4.90. The average molecular weight is 109 g/mol. The maximum atomic E-state index is 9.65. The second-order valence-corrected chi connectivity index (χ2v) is 1.28. The van der Waals surface area contributed by atoms with Crippen LogP contribution >= 0.6 is 0 Å². The quantitative estimate of drug-likeness (QED) is 0.308. The first-order valence-electron chi connectivity index (χ1n) is 2.40. The van der Waals surface area contributed by atoms with Gasteiger partial charge in [-0.1, -0.05) is 6.08 Å². The zero-order valence-corrected chi connectivity index (χ0v) is 4.50. The summed E-state index contributed by atoms with van der Waals surface area (Å²) in [5.74, 6) is 0. The number of rotatable bonds is 3. The summed E-state index contributed by atoms with van der Waals surface area (Å²) in [6.07, 6.45) is 5.08. The summed E-state index contributed by atoms with van der Waals surface area (Å²) < 4.78 is 0. The summed E-state index contributed by atoms with van der Waals surface area (Å²) in [4.78, 5) is 9.65. The molecule has 0 saturated heterocycles. The van der Waals surface area contributed by atoms with Crippen LogP contribution in [0, 0.1) is 11.3 Å². The number of carbonyl (C=O) groups is 1. The fourth-order valence-corrected chi connectivity index (χ4v) is 0.300. The van der Waals surface area contributed by atoms with E-state index in [2.05, 4.69) is 0 Å². The molecule has 0 aromatic rings. The molecule has 0 N–H and O–H groups in total. The minimum absolute atomic E-state index is 0.512. The fraction of sp³-hybridized carbons (Fsp3) is 0.333. The Morgan fingerprint density at radius 1 is 1.50 bits per heavy atom. The zero-order valence-electron chi connectivity index (χ0n) is 4.50. The van der Waals surface area contributed by atoms with Gasteiger partial charge >= 0.3 is 0 Å². The molecule has 0 spiro atoms. The smallest absolute Gasteiger partial charge is 0.120 e. The summed E-state index contributed by atoms with van der Waals surface area (Å²) >= 11 is 0. The van der Waals surface area contributed by atoms with Crippen molar-refractivity contribution in [3.05, 3.63) is 12.2 Å². The van der Waals surface area contributed by atoms with Crippen LogP contribution in [0.3, 0.4) is 0 Å². The number of nitrogens with zero attached hydrogens (tertiary/aromatic N) is 1. The minimum Gasteiger partial charge on any atom is -0.303 e. The van der Waals surface area contributed by atoms with Crippen molar-refractivity contribution in [2.24, 2.45) is 0 Å². The minimum atomic E-state index is 0.512. The lowest BCUT2D eigenvalue weighted by molar-refractivity contribution is -0.107. The molecule has 0 aromatic heterocycles. The molecule has 0 unspecified atom stereocenters. The van der Waals surface area contributed by atoms with E-state index in [-0.39, 0.29) is 0 Å². The largest absolute Gasteiger partial charge is 0.303 e. The maximum absolute atomic E-state index is 9.65. The van der Waals surface area contributed by atoms with Crippen molar-refractivity contribution in [2.75, 3.05) is 0 Å². The van der Waals surface area contributed by atoms with Crippen LogP contribution in [0.2, 0.25) is 0 Å². The number of carbonyl (C=O) groups excluding carboxylic acids is 1. The summed E-state index contributed by atoms with van der Waals surface area (Å²) in [6, 6.07) is 1.83. The molecule has 0 heterocycles. The molecule has 2 nitrogen and oxygen atoms in total. The van der Waals surface area contributed by atoms with Crippen LogP contribution in [0.25, 0.3) is 0 Å². The van der Waals surface area contributed by atoms with E-state index in [9.17, 15) is 4.79 Å². The predicted octanol–water partition coefficient (Wildman–Crippen LogP) is 1.05. The third-order valence-electron chi connectivity index (χ3n) is 0.644. The average Bonchev–Trinajstić information content (AvgIpc) is 1.81. The molecule has 0 aliphatic rings. The number of aldehydes is 1. The topological polar surface area (TPSA) is 40.9 Å². The molecule has 0 aliphatic carbocycles. The number of hydrogen-bond donors (Lipinski definition) is 0. The van der Waals surface area contributed by atoms with Gasteiger partial charge in [-0.15, -0.1) is 0 Å². The van der Waals surface area contributed by atoms with Gasteiger partial charge in [-0.05, 0) is 6.42 Å². The predicted molar refractivity (Wildman–Crippen MR) is 30.1 cm³/mol. The van der Waals surface area contributed by atoms with Crippen molar-refractivity contribution in [3.8, 4) is 6.07 Å². The van der Waals surface area contributed by atoms with E-state index < -0.39 is 0 Å². The van der Waals surface area contributed by atoms with E-state index in [0.717, 1.165) is 6.29 Å².